The molecule has 2 rings (SSSR count). The quantitative estimate of drug-likeness (QED) is 0.746. The molecule has 122 valence electrons. The van der Waals surface area contributed by atoms with E-state index in [1.807, 2.05) is 49.4 Å². The van der Waals surface area contributed by atoms with Crippen LogP contribution in [0.25, 0.3) is 0 Å². The van der Waals surface area contributed by atoms with Crippen molar-refractivity contribution in [3.63, 3.8) is 0 Å². The fourth-order valence-electron chi connectivity index (χ4n) is 2.31. The molecule has 0 fully saturated rings. The average molecular weight is 311 g/mol. The van der Waals surface area contributed by atoms with Gasteiger partial charge in [-0.15, -0.1) is 0 Å². The van der Waals surface area contributed by atoms with Crippen LogP contribution in [0, 0.1) is 6.92 Å². The van der Waals surface area contributed by atoms with E-state index in [2.05, 4.69) is 24.4 Å². The Bertz CT molecular complexity index is 593. The fraction of sp³-hybridized carbons (Fsp3) is 0.350. The van der Waals surface area contributed by atoms with Gasteiger partial charge in [-0.1, -0.05) is 55.0 Å². The predicted octanol–water partition coefficient (Wildman–Crippen LogP) is 4.07. The highest BCUT2D eigenvalue weighted by Gasteiger charge is 2.07. The molecule has 23 heavy (non-hydrogen) atoms. The molecule has 0 aliphatic heterocycles. The Morgan fingerprint density at radius 2 is 1.78 bits per heavy atom. The lowest BCUT2D eigenvalue weighted by Gasteiger charge is -2.13. The normalized spacial score (nSPS) is 11.7. The van der Waals surface area contributed by atoms with Crippen molar-refractivity contribution in [2.45, 2.75) is 32.6 Å². The van der Waals surface area contributed by atoms with Gasteiger partial charge in [-0.2, -0.15) is 0 Å². The number of rotatable bonds is 8. The van der Waals surface area contributed by atoms with Gasteiger partial charge in [0.25, 0.3) is 0 Å². The van der Waals surface area contributed by atoms with Crippen LogP contribution < -0.4 is 10.1 Å². The molecule has 0 saturated carbocycles. The molecule has 0 aliphatic carbocycles. The zero-order valence-electron chi connectivity index (χ0n) is 13.9. The molecule has 1 amide bonds. The smallest absolute Gasteiger partial charge is 0.220 e. The maximum absolute atomic E-state index is 11.9. The number of carbonyl (C=O) groups excluding carboxylic acids is 1. The van der Waals surface area contributed by atoms with Crippen molar-refractivity contribution in [1.82, 2.24) is 5.32 Å². The van der Waals surface area contributed by atoms with Crippen molar-refractivity contribution >= 4 is 5.91 Å². The topological polar surface area (TPSA) is 38.3 Å². The van der Waals surface area contributed by atoms with Gasteiger partial charge in [0, 0.05) is 13.0 Å². The van der Waals surface area contributed by atoms with Gasteiger partial charge in [0.2, 0.25) is 5.91 Å². The second-order valence-electron chi connectivity index (χ2n) is 5.88. The number of hydrogen-bond acceptors (Lipinski definition) is 2. The Kier molecular flexibility index (Phi) is 6.67. The summed E-state index contributed by atoms with van der Waals surface area (Å²) in [5.74, 6) is 1.26. The molecule has 3 heteroatoms. The number of nitrogens with one attached hydrogen (secondary N) is 1. The van der Waals surface area contributed by atoms with Crippen molar-refractivity contribution in [2.24, 2.45) is 0 Å². The number of benzene rings is 2. The summed E-state index contributed by atoms with van der Waals surface area (Å²) in [5, 5.41) is 2.99. The van der Waals surface area contributed by atoms with Gasteiger partial charge in [-0.05, 0) is 37.0 Å². The van der Waals surface area contributed by atoms with Crippen LogP contribution in [0.15, 0.2) is 54.6 Å². The van der Waals surface area contributed by atoms with E-state index in [1.54, 1.807) is 0 Å². The third-order valence-corrected chi connectivity index (χ3v) is 3.81. The monoisotopic (exact) mass is 311 g/mol. The predicted molar refractivity (Wildman–Crippen MR) is 93.8 cm³/mol. The van der Waals surface area contributed by atoms with E-state index >= 15 is 0 Å². The van der Waals surface area contributed by atoms with E-state index in [0.29, 0.717) is 25.5 Å². The Morgan fingerprint density at radius 1 is 1.09 bits per heavy atom. The van der Waals surface area contributed by atoms with Crippen molar-refractivity contribution in [2.75, 3.05) is 13.2 Å². The minimum Gasteiger partial charge on any atom is -0.494 e. The molecule has 0 heterocycles. The summed E-state index contributed by atoms with van der Waals surface area (Å²) >= 11 is 0. The van der Waals surface area contributed by atoms with Crippen molar-refractivity contribution in [3.05, 3.63) is 65.7 Å². The van der Waals surface area contributed by atoms with Crippen LogP contribution in [0.4, 0.5) is 0 Å². The maximum Gasteiger partial charge on any atom is 0.220 e. The van der Waals surface area contributed by atoms with Crippen molar-refractivity contribution in [3.8, 4) is 5.75 Å². The summed E-state index contributed by atoms with van der Waals surface area (Å²) in [6.45, 7) is 5.40. The van der Waals surface area contributed by atoms with E-state index in [9.17, 15) is 4.79 Å². The van der Waals surface area contributed by atoms with Crippen molar-refractivity contribution in [1.29, 1.82) is 0 Å². The molecule has 3 nitrogen and oxygen atoms in total. The second-order valence-corrected chi connectivity index (χ2v) is 5.88. The molecule has 2 aromatic rings. The van der Waals surface area contributed by atoms with Crippen LogP contribution in [0.1, 0.15) is 36.8 Å². The summed E-state index contributed by atoms with van der Waals surface area (Å²) in [4.78, 5) is 11.9. The highest BCUT2D eigenvalue weighted by Crippen LogP contribution is 2.13. The summed E-state index contributed by atoms with van der Waals surface area (Å²) in [5.41, 5.74) is 2.46. The van der Waals surface area contributed by atoms with Gasteiger partial charge in [0.05, 0.1) is 6.61 Å². The van der Waals surface area contributed by atoms with Crippen LogP contribution in [-0.4, -0.2) is 19.1 Å². The molecule has 0 aromatic heterocycles. The van der Waals surface area contributed by atoms with Crippen LogP contribution in [0.3, 0.4) is 0 Å². The minimum absolute atomic E-state index is 0.0836. The van der Waals surface area contributed by atoms with Crippen LogP contribution in [-0.2, 0) is 4.79 Å². The largest absolute Gasteiger partial charge is 0.494 e. The summed E-state index contributed by atoms with van der Waals surface area (Å²) < 4.78 is 5.63. The highest BCUT2D eigenvalue weighted by atomic mass is 16.5. The Balaban J connectivity index is 1.61. The highest BCUT2D eigenvalue weighted by molar-refractivity contribution is 5.75. The van der Waals surface area contributed by atoms with Crippen LogP contribution >= 0.6 is 0 Å². The lowest BCUT2D eigenvalue weighted by atomic mass is 10.0. The molecule has 1 atom stereocenters. The lowest BCUT2D eigenvalue weighted by Crippen LogP contribution is -2.27. The molecular formula is C20H25NO2. The molecule has 2 aromatic carbocycles. The number of carbonyl (C=O) groups is 1. The first-order chi connectivity index (χ1) is 11.1. The molecule has 0 bridgehead atoms. The van der Waals surface area contributed by atoms with E-state index in [4.69, 9.17) is 4.74 Å². The summed E-state index contributed by atoms with van der Waals surface area (Å²) in [7, 11) is 0. The van der Waals surface area contributed by atoms with Gasteiger partial charge in [0.1, 0.15) is 5.75 Å². The Labute approximate surface area is 138 Å². The Morgan fingerprint density at radius 3 is 2.48 bits per heavy atom. The molecular weight excluding hydrogens is 286 g/mol. The van der Waals surface area contributed by atoms with E-state index in [-0.39, 0.29) is 5.91 Å². The first kappa shape index (κ1) is 17.1. The third-order valence-electron chi connectivity index (χ3n) is 3.81. The minimum atomic E-state index is 0.0836. The average Bonchev–Trinajstić information content (AvgIpc) is 2.59. The van der Waals surface area contributed by atoms with Gasteiger partial charge < -0.3 is 10.1 Å². The number of hydrogen-bond donors (Lipinski definition) is 1. The number of ether oxygens (including phenoxy) is 1. The van der Waals surface area contributed by atoms with Gasteiger partial charge in [-0.3, -0.25) is 4.79 Å². The fourth-order valence-corrected chi connectivity index (χ4v) is 2.31. The molecule has 0 aliphatic rings. The molecule has 0 spiro atoms. The lowest BCUT2D eigenvalue weighted by molar-refractivity contribution is -0.121. The van der Waals surface area contributed by atoms with E-state index in [0.717, 1.165) is 12.2 Å². The zero-order valence-corrected chi connectivity index (χ0v) is 13.9. The van der Waals surface area contributed by atoms with E-state index < -0.39 is 0 Å². The second kappa shape index (κ2) is 8.99. The molecule has 0 unspecified atom stereocenters. The Hall–Kier alpha value is -2.29. The summed E-state index contributed by atoms with van der Waals surface area (Å²) in [6.07, 6.45) is 1.22. The van der Waals surface area contributed by atoms with Crippen LogP contribution in [0.5, 0.6) is 5.75 Å². The first-order valence-electron chi connectivity index (χ1n) is 8.16. The maximum atomic E-state index is 11.9. The molecule has 1 N–H and O–H groups in total. The molecule has 0 radical (unpaired) electrons. The van der Waals surface area contributed by atoms with Crippen molar-refractivity contribution < 1.29 is 9.53 Å². The van der Waals surface area contributed by atoms with Gasteiger partial charge in [-0.25, -0.2) is 0 Å². The number of aryl methyl sites for hydroxylation is 1. The van der Waals surface area contributed by atoms with Gasteiger partial charge in [0.15, 0.2) is 0 Å². The van der Waals surface area contributed by atoms with E-state index in [1.165, 1.54) is 11.1 Å². The number of amides is 1. The standard InChI is InChI=1S/C20H25NO2/c1-16-10-12-19(13-11-16)23-14-6-9-20(22)21-15-17(2)18-7-4-3-5-8-18/h3-5,7-8,10-13,17H,6,9,14-15H2,1-2H3,(H,21,22)/t17-/m0/s1. The third kappa shape index (κ3) is 6.15. The molecule has 0 saturated heterocycles. The SMILES string of the molecule is Cc1ccc(OCCCC(=O)NC[C@H](C)c2ccccc2)cc1. The van der Waals surface area contributed by atoms with Gasteiger partial charge >= 0.3 is 0 Å². The van der Waals surface area contributed by atoms with Crippen LogP contribution in [0.2, 0.25) is 0 Å². The summed E-state index contributed by atoms with van der Waals surface area (Å²) in [6, 6.07) is 18.2. The zero-order chi connectivity index (χ0) is 16.5. The first-order valence-corrected chi connectivity index (χ1v) is 8.16.